The van der Waals surface area contributed by atoms with Gasteiger partial charge in [-0.15, -0.1) is 0 Å². The zero-order valence-corrected chi connectivity index (χ0v) is 11.7. The number of hydrogen-bond donors (Lipinski definition) is 1. The lowest BCUT2D eigenvalue weighted by Crippen LogP contribution is -2.20. The van der Waals surface area contributed by atoms with Crippen LogP contribution in [-0.2, 0) is 7.05 Å². The summed E-state index contributed by atoms with van der Waals surface area (Å²) in [6, 6.07) is 7.55. The molecule has 20 heavy (non-hydrogen) atoms. The van der Waals surface area contributed by atoms with Gasteiger partial charge in [-0.3, -0.25) is 14.9 Å². The number of benzene rings is 1. The summed E-state index contributed by atoms with van der Waals surface area (Å²) in [6.45, 7) is 1.69. The maximum atomic E-state index is 12.1. The van der Waals surface area contributed by atoms with Crippen LogP contribution in [0.3, 0.4) is 0 Å². The Morgan fingerprint density at radius 1 is 1.35 bits per heavy atom. The minimum absolute atomic E-state index is 0.0763. The molecule has 0 aliphatic carbocycles. The standard InChI is InChI=1S/C13H12N2O4S/c1-8-7-10(16)12(13(17)14(8)2)20-11-6-4-3-5-9(11)15(18)19/h3-7,16H,1-2H3. The van der Waals surface area contributed by atoms with Gasteiger partial charge in [0.05, 0.1) is 9.82 Å². The summed E-state index contributed by atoms with van der Waals surface area (Å²) >= 11 is 0.894. The monoisotopic (exact) mass is 292 g/mol. The highest BCUT2D eigenvalue weighted by atomic mass is 32.2. The molecule has 7 heteroatoms. The van der Waals surface area contributed by atoms with E-state index < -0.39 is 4.92 Å². The fourth-order valence-corrected chi connectivity index (χ4v) is 2.68. The van der Waals surface area contributed by atoms with Crippen LogP contribution in [0.5, 0.6) is 5.75 Å². The number of hydrogen-bond acceptors (Lipinski definition) is 5. The minimum Gasteiger partial charge on any atom is -0.506 e. The third-order valence-electron chi connectivity index (χ3n) is 2.88. The van der Waals surface area contributed by atoms with Crippen LogP contribution >= 0.6 is 11.8 Å². The lowest BCUT2D eigenvalue weighted by molar-refractivity contribution is -0.387. The fourth-order valence-electron chi connectivity index (χ4n) is 1.68. The van der Waals surface area contributed by atoms with Crippen molar-refractivity contribution in [2.24, 2.45) is 7.05 Å². The van der Waals surface area contributed by atoms with E-state index in [1.165, 1.54) is 16.7 Å². The third-order valence-corrected chi connectivity index (χ3v) is 4.03. The molecule has 1 aromatic heterocycles. The largest absolute Gasteiger partial charge is 0.506 e. The Kier molecular flexibility index (Phi) is 3.80. The molecule has 0 unspecified atom stereocenters. The van der Waals surface area contributed by atoms with E-state index in [1.807, 2.05) is 0 Å². The summed E-state index contributed by atoms with van der Waals surface area (Å²) in [4.78, 5) is 22.9. The second-order valence-corrected chi connectivity index (χ2v) is 5.24. The number of nitro benzene ring substituents is 1. The van der Waals surface area contributed by atoms with Crippen molar-refractivity contribution in [1.82, 2.24) is 4.57 Å². The van der Waals surface area contributed by atoms with Crippen LogP contribution in [-0.4, -0.2) is 14.6 Å². The van der Waals surface area contributed by atoms with Gasteiger partial charge < -0.3 is 9.67 Å². The van der Waals surface area contributed by atoms with Gasteiger partial charge in [-0.2, -0.15) is 0 Å². The maximum Gasteiger partial charge on any atom is 0.283 e. The maximum absolute atomic E-state index is 12.1. The summed E-state index contributed by atoms with van der Waals surface area (Å²) in [6.07, 6.45) is 0. The van der Waals surface area contributed by atoms with Gasteiger partial charge in [0, 0.05) is 24.9 Å². The Labute approximate surface area is 118 Å². The van der Waals surface area contributed by atoms with Crippen LogP contribution in [0.25, 0.3) is 0 Å². The van der Waals surface area contributed by atoms with Gasteiger partial charge in [-0.25, -0.2) is 0 Å². The molecule has 2 rings (SSSR count). The van der Waals surface area contributed by atoms with Crippen molar-refractivity contribution in [2.75, 3.05) is 0 Å². The molecule has 0 amide bonds. The first kappa shape index (κ1) is 14.1. The molecule has 0 aliphatic heterocycles. The Bertz CT molecular complexity index is 740. The van der Waals surface area contributed by atoms with Crippen LogP contribution in [0.15, 0.2) is 44.9 Å². The van der Waals surface area contributed by atoms with E-state index in [-0.39, 0.29) is 21.9 Å². The molecule has 0 spiro atoms. The summed E-state index contributed by atoms with van der Waals surface area (Å²) in [7, 11) is 1.58. The predicted octanol–water partition coefficient (Wildman–Crippen LogP) is 2.46. The molecule has 0 aliphatic rings. The minimum atomic E-state index is -0.516. The van der Waals surface area contributed by atoms with Gasteiger partial charge in [0.25, 0.3) is 11.2 Å². The Hall–Kier alpha value is -2.28. The molecule has 1 heterocycles. The molecular formula is C13H12N2O4S. The highest BCUT2D eigenvalue weighted by Gasteiger charge is 2.18. The van der Waals surface area contributed by atoms with Gasteiger partial charge in [0.15, 0.2) is 0 Å². The normalized spacial score (nSPS) is 10.5. The quantitative estimate of drug-likeness (QED) is 0.693. The lowest BCUT2D eigenvalue weighted by atomic mass is 10.3. The van der Waals surface area contributed by atoms with Crippen molar-refractivity contribution in [1.29, 1.82) is 0 Å². The number of aromatic hydroxyl groups is 1. The van der Waals surface area contributed by atoms with E-state index in [9.17, 15) is 20.0 Å². The molecule has 2 aromatic rings. The molecule has 0 fully saturated rings. The zero-order valence-electron chi connectivity index (χ0n) is 10.9. The van der Waals surface area contributed by atoms with E-state index in [0.29, 0.717) is 10.6 Å². The van der Waals surface area contributed by atoms with Crippen molar-refractivity contribution < 1.29 is 10.0 Å². The number of aryl methyl sites for hydroxylation is 1. The van der Waals surface area contributed by atoms with E-state index in [0.717, 1.165) is 11.8 Å². The average Bonchev–Trinajstić information content (AvgIpc) is 2.41. The molecular weight excluding hydrogens is 280 g/mol. The molecule has 0 bridgehead atoms. The summed E-state index contributed by atoms with van der Waals surface area (Å²) in [5.41, 5.74) is 0.129. The predicted molar refractivity (Wildman–Crippen MR) is 75.3 cm³/mol. The van der Waals surface area contributed by atoms with Crippen LogP contribution in [0.4, 0.5) is 5.69 Å². The Morgan fingerprint density at radius 2 is 2.00 bits per heavy atom. The summed E-state index contributed by atoms with van der Waals surface area (Å²) in [5, 5.41) is 20.8. The number of nitro groups is 1. The van der Waals surface area contributed by atoms with Crippen molar-refractivity contribution in [3.05, 3.63) is 56.5 Å². The van der Waals surface area contributed by atoms with Gasteiger partial charge in [-0.05, 0) is 13.0 Å². The lowest BCUT2D eigenvalue weighted by Gasteiger charge is -2.09. The molecule has 104 valence electrons. The smallest absolute Gasteiger partial charge is 0.283 e. The van der Waals surface area contributed by atoms with Crippen LogP contribution in [0.2, 0.25) is 0 Å². The van der Waals surface area contributed by atoms with Gasteiger partial charge in [0.1, 0.15) is 10.6 Å². The average molecular weight is 292 g/mol. The number of rotatable bonds is 3. The molecule has 6 nitrogen and oxygen atoms in total. The van der Waals surface area contributed by atoms with Gasteiger partial charge in [0.2, 0.25) is 0 Å². The highest BCUT2D eigenvalue weighted by molar-refractivity contribution is 7.99. The van der Waals surface area contributed by atoms with Crippen LogP contribution in [0, 0.1) is 17.0 Å². The SMILES string of the molecule is Cc1cc(O)c(Sc2ccccc2[N+](=O)[O-])c(=O)n1C. The molecule has 0 radical (unpaired) electrons. The molecule has 0 atom stereocenters. The van der Waals surface area contributed by atoms with Gasteiger partial charge >= 0.3 is 0 Å². The molecule has 1 N–H and O–H groups in total. The van der Waals surface area contributed by atoms with Crippen molar-refractivity contribution in [3.8, 4) is 5.75 Å². The van der Waals surface area contributed by atoms with Crippen LogP contribution < -0.4 is 5.56 Å². The topological polar surface area (TPSA) is 85.4 Å². The highest BCUT2D eigenvalue weighted by Crippen LogP contribution is 2.36. The van der Waals surface area contributed by atoms with Crippen LogP contribution in [0.1, 0.15) is 5.69 Å². The van der Waals surface area contributed by atoms with Crippen molar-refractivity contribution in [2.45, 2.75) is 16.7 Å². The molecule has 0 saturated carbocycles. The van der Waals surface area contributed by atoms with E-state index in [4.69, 9.17) is 0 Å². The summed E-state index contributed by atoms with van der Waals surface area (Å²) in [5.74, 6) is -0.172. The fraction of sp³-hybridized carbons (Fsp3) is 0.154. The van der Waals surface area contributed by atoms with E-state index in [1.54, 1.807) is 32.2 Å². The molecule has 0 saturated heterocycles. The van der Waals surface area contributed by atoms with Crippen molar-refractivity contribution in [3.63, 3.8) is 0 Å². The van der Waals surface area contributed by atoms with Gasteiger partial charge in [-0.1, -0.05) is 23.9 Å². The molecule has 1 aromatic carbocycles. The second kappa shape index (κ2) is 5.38. The number of para-hydroxylation sites is 1. The second-order valence-electron chi connectivity index (χ2n) is 4.19. The Morgan fingerprint density at radius 3 is 2.65 bits per heavy atom. The third kappa shape index (κ3) is 2.53. The van der Waals surface area contributed by atoms with Crippen molar-refractivity contribution >= 4 is 17.4 Å². The number of aromatic nitrogens is 1. The zero-order chi connectivity index (χ0) is 14.9. The number of pyridine rings is 1. The number of nitrogens with zero attached hydrogens (tertiary/aromatic N) is 2. The van der Waals surface area contributed by atoms with E-state index in [2.05, 4.69) is 0 Å². The summed E-state index contributed by atoms with van der Waals surface area (Å²) < 4.78 is 1.39. The van der Waals surface area contributed by atoms with E-state index >= 15 is 0 Å². The Balaban J connectivity index is 2.54. The first-order valence-corrected chi connectivity index (χ1v) is 6.54. The first-order valence-electron chi connectivity index (χ1n) is 5.72. The first-order chi connectivity index (χ1) is 9.41.